The molecule has 3 nitrogen and oxygen atoms in total. The van der Waals surface area contributed by atoms with Gasteiger partial charge >= 0.3 is 0 Å². The molecule has 11 aromatic carbocycles. The van der Waals surface area contributed by atoms with E-state index in [1.807, 2.05) is 6.07 Å². The predicted octanol–water partition coefficient (Wildman–Crippen LogP) is 20.3. The summed E-state index contributed by atoms with van der Waals surface area (Å²) in [6.45, 7) is 22.2. The van der Waals surface area contributed by atoms with Crippen LogP contribution in [0.3, 0.4) is 0 Å². The fourth-order valence-corrected chi connectivity index (χ4v) is 12.2. The Hall–Kier alpha value is -9.49. The largest absolute Gasteiger partial charge is 0.310 e. The van der Waals surface area contributed by atoms with Gasteiger partial charge in [-0.2, -0.15) is 0 Å². The lowest BCUT2D eigenvalue weighted by Crippen LogP contribution is -2.04. The molecule has 0 unspecified atom stereocenters. The highest BCUT2D eigenvalue weighted by atomic mass is 15.0. The summed E-state index contributed by atoms with van der Waals surface area (Å²) in [6.07, 6.45) is 0. The smallest absolute Gasteiger partial charge is 0.197 e. The van der Waals surface area contributed by atoms with Crippen LogP contribution in [0.1, 0.15) is 33.4 Å². The van der Waals surface area contributed by atoms with E-state index in [0.29, 0.717) is 5.69 Å². The first kappa shape index (κ1) is 46.3. The van der Waals surface area contributed by atoms with Crippen molar-refractivity contribution in [2.24, 2.45) is 0 Å². The zero-order valence-corrected chi connectivity index (χ0v) is 43.7. The van der Waals surface area contributed by atoms with Crippen LogP contribution in [0.25, 0.3) is 127 Å². The number of hydrogen-bond donors (Lipinski definition) is 0. The summed E-state index contributed by atoms with van der Waals surface area (Å²) in [5.41, 5.74) is 27.9. The molecule has 0 bridgehead atoms. The van der Waals surface area contributed by atoms with Gasteiger partial charge in [0.25, 0.3) is 0 Å². The summed E-state index contributed by atoms with van der Waals surface area (Å²) in [6, 6.07) is 82.2. The quantitative estimate of drug-likeness (QED) is 0.135. The maximum Gasteiger partial charge on any atom is 0.197 e. The standard InChI is InChI=1S/C73H55N3/c1-45-30-35-59(50(6)40-45)60-26-16-28-70(75-66-36-31-51(55-22-12-8-18-46(55)2)41-61(66)62-42-52(32-37-67(62)75)56-23-13-9-19-47(56)3)72(60)73-65(74-7)27-17-29-71(73)76-68-38-33-53(57-24-14-10-20-48(57)4)43-63(68)64-44-54(34-39-69(64)76)58-25-15-11-21-49(58)5/h8-44H,1-6H3. The van der Waals surface area contributed by atoms with Gasteiger partial charge in [-0.15, -0.1) is 0 Å². The first-order chi connectivity index (χ1) is 37.1. The summed E-state index contributed by atoms with van der Waals surface area (Å²) < 4.78 is 4.89. The lowest BCUT2D eigenvalue weighted by Gasteiger charge is -2.23. The Morgan fingerprint density at radius 1 is 0.289 bits per heavy atom. The van der Waals surface area contributed by atoms with Crippen molar-refractivity contribution in [3.8, 4) is 78.1 Å². The Morgan fingerprint density at radius 2 is 0.645 bits per heavy atom. The van der Waals surface area contributed by atoms with Gasteiger partial charge in [0, 0.05) is 38.4 Å². The molecule has 0 saturated carbocycles. The van der Waals surface area contributed by atoms with E-state index >= 15 is 0 Å². The van der Waals surface area contributed by atoms with Crippen LogP contribution in [0.5, 0.6) is 0 Å². The molecular weight excluding hydrogens is 919 g/mol. The lowest BCUT2D eigenvalue weighted by molar-refractivity contribution is 1.16. The maximum atomic E-state index is 9.08. The number of benzene rings is 11. The molecule has 2 heterocycles. The Kier molecular flexibility index (Phi) is 11.3. The van der Waals surface area contributed by atoms with Crippen LogP contribution >= 0.6 is 0 Å². The Balaban J connectivity index is 1.15. The van der Waals surface area contributed by atoms with Gasteiger partial charge in [-0.3, -0.25) is 0 Å². The third-order valence-corrected chi connectivity index (χ3v) is 15.9. The van der Waals surface area contributed by atoms with E-state index in [1.165, 1.54) is 88.7 Å². The normalized spacial score (nSPS) is 11.5. The van der Waals surface area contributed by atoms with Gasteiger partial charge < -0.3 is 9.13 Å². The van der Waals surface area contributed by atoms with Crippen LogP contribution in [-0.2, 0) is 0 Å². The summed E-state index contributed by atoms with van der Waals surface area (Å²) in [7, 11) is 0. The van der Waals surface area contributed by atoms with Crippen molar-refractivity contribution in [3.63, 3.8) is 0 Å². The molecule has 0 radical (unpaired) electrons. The summed E-state index contributed by atoms with van der Waals surface area (Å²) in [5.74, 6) is 0. The van der Waals surface area contributed by atoms with Crippen molar-refractivity contribution >= 4 is 49.3 Å². The molecule has 13 aromatic rings. The molecule has 0 N–H and O–H groups in total. The van der Waals surface area contributed by atoms with Crippen LogP contribution in [-0.4, -0.2) is 9.13 Å². The molecule has 0 amide bonds. The van der Waals surface area contributed by atoms with E-state index in [1.54, 1.807) is 0 Å². The number of aromatic nitrogens is 2. The average molecular weight is 974 g/mol. The molecule has 0 atom stereocenters. The zero-order valence-electron chi connectivity index (χ0n) is 43.7. The minimum absolute atomic E-state index is 0.587. The third kappa shape index (κ3) is 7.56. The molecule has 0 aliphatic rings. The zero-order chi connectivity index (χ0) is 51.8. The third-order valence-electron chi connectivity index (χ3n) is 15.9. The number of rotatable bonds is 8. The van der Waals surface area contributed by atoms with E-state index in [2.05, 4.69) is 274 Å². The van der Waals surface area contributed by atoms with Gasteiger partial charge in [0.05, 0.1) is 34.3 Å². The molecule has 76 heavy (non-hydrogen) atoms. The first-order valence-corrected chi connectivity index (χ1v) is 26.3. The lowest BCUT2D eigenvalue weighted by atomic mass is 9.88. The number of nitrogens with zero attached hydrogens (tertiary/aromatic N) is 3. The Labute approximate surface area is 445 Å². The van der Waals surface area contributed by atoms with Crippen molar-refractivity contribution in [3.05, 3.63) is 269 Å². The molecule has 362 valence electrons. The van der Waals surface area contributed by atoms with E-state index in [4.69, 9.17) is 6.57 Å². The predicted molar refractivity (Wildman–Crippen MR) is 322 cm³/mol. The van der Waals surface area contributed by atoms with Gasteiger partial charge in [-0.1, -0.05) is 169 Å². The number of fused-ring (bicyclic) bond motifs is 6. The van der Waals surface area contributed by atoms with Crippen LogP contribution in [0.2, 0.25) is 0 Å². The number of hydrogen-bond acceptors (Lipinski definition) is 0. The maximum absolute atomic E-state index is 9.08. The molecule has 0 fully saturated rings. The fourth-order valence-electron chi connectivity index (χ4n) is 12.2. The van der Waals surface area contributed by atoms with Gasteiger partial charge in [0.1, 0.15) is 0 Å². The van der Waals surface area contributed by atoms with E-state index in [9.17, 15) is 0 Å². The second-order valence-electron chi connectivity index (χ2n) is 20.7. The monoisotopic (exact) mass is 973 g/mol. The minimum Gasteiger partial charge on any atom is -0.310 e. The van der Waals surface area contributed by atoms with Crippen LogP contribution in [0.15, 0.2) is 224 Å². The summed E-state index contributed by atoms with van der Waals surface area (Å²) in [5, 5.41) is 4.65. The van der Waals surface area contributed by atoms with Crippen molar-refractivity contribution in [2.75, 3.05) is 0 Å². The summed E-state index contributed by atoms with van der Waals surface area (Å²) in [4.78, 5) is 4.46. The SMILES string of the molecule is [C-]#[N+]c1cccc(-n2c3ccc(-c4ccccc4C)cc3c3cc(-c4ccccc4C)ccc32)c1-c1c(-c2ccc(C)cc2C)cccc1-n1c2ccc(-c3ccccc3C)cc2c2cc(-c3ccccc3C)ccc21. The van der Waals surface area contributed by atoms with E-state index in [-0.39, 0.29) is 0 Å². The van der Waals surface area contributed by atoms with Crippen molar-refractivity contribution in [1.29, 1.82) is 0 Å². The fraction of sp³-hybridized carbons (Fsp3) is 0.0822. The minimum atomic E-state index is 0.587. The molecule has 0 spiro atoms. The van der Waals surface area contributed by atoms with Crippen LogP contribution in [0.4, 0.5) is 5.69 Å². The Morgan fingerprint density at radius 3 is 1.01 bits per heavy atom. The van der Waals surface area contributed by atoms with Gasteiger partial charge in [-0.25, -0.2) is 4.85 Å². The Bertz CT molecular complexity index is 4340. The number of aryl methyl sites for hydroxylation is 6. The average Bonchev–Trinajstić information content (AvgIpc) is 3.96. The van der Waals surface area contributed by atoms with Crippen molar-refractivity contribution in [1.82, 2.24) is 9.13 Å². The highest BCUT2D eigenvalue weighted by Gasteiger charge is 2.27. The molecule has 0 saturated heterocycles. The van der Waals surface area contributed by atoms with Gasteiger partial charge in [-0.05, 0) is 186 Å². The van der Waals surface area contributed by atoms with E-state index in [0.717, 1.165) is 66.5 Å². The van der Waals surface area contributed by atoms with Gasteiger partial charge in [0.2, 0.25) is 0 Å². The molecular formula is C73H55N3. The molecule has 0 aliphatic carbocycles. The van der Waals surface area contributed by atoms with Gasteiger partial charge in [0.15, 0.2) is 5.69 Å². The van der Waals surface area contributed by atoms with Crippen molar-refractivity contribution < 1.29 is 0 Å². The highest BCUT2D eigenvalue weighted by molar-refractivity contribution is 6.15. The highest BCUT2D eigenvalue weighted by Crippen LogP contribution is 2.50. The molecule has 3 heteroatoms. The van der Waals surface area contributed by atoms with E-state index < -0.39 is 0 Å². The van der Waals surface area contributed by atoms with Crippen LogP contribution in [0, 0.1) is 48.1 Å². The van der Waals surface area contributed by atoms with Crippen molar-refractivity contribution in [2.45, 2.75) is 41.5 Å². The van der Waals surface area contributed by atoms with Crippen LogP contribution < -0.4 is 0 Å². The summed E-state index contributed by atoms with van der Waals surface area (Å²) >= 11 is 0. The molecule has 2 aromatic heterocycles. The second-order valence-corrected chi connectivity index (χ2v) is 20.7. The second kappa shape index (κ2) is 18.5. The molecule has 13 rings (SSSR count). The molecule has 0 aliphatic heterocycles. The topological polar surface area (TPSA) is 14.2 Å². The first-order valence-electron chi connectivity index (χ1n) is 26.3.